The van der Waals surface area contributed by atoms with Crippen molar-refractivity contribution >= 4 is 22.4 Å². The summed E-state index contributed by atoms with van der Waals surface area (Å²) in [4.78, 5) is 0. The van der Waals surface area contributed by atoms with Gasteiger partial charge in [-0.05, 0) is 27.7 Å². The molecule has 3 heteroatoms. The zero-order valence-electron chi connectivity index (χ0n) is 11.7. The summed E-state index contributed by atoms with van der Waals surface area (Å²) in [5, 5.41) is 2.60. The zero-order valence-corrected chi connectivity index (χ0v) is 12.5. The minimum atomic E-state index is 0.0813. The second kappa shape index (κ2) is 5.70. The van der Waals surface area contributed by atoms with E-state index in [1.54, 1.807) is 0 Å². The molecule has 2 aromatic carbocycles. The molecule has 2 aromatic rings. The SMILES string of the molecule is CC(C)Oc1cc(Cl)c(OC(C)C)c2ccccc12. The van der Waals surface area contributed by atoms with Crippen molar-refractivity contribution in [1.29, 1.82) is 0 Å². The van der Waals surface area contributed by atoms with Crippen LogP contribution in [-0.2, 0) is 0 Å². The quantitative estimate of drug-likeness (QED) is 0.777. The minimum Gasteiger partial charge on any atom is -0.490 e. The summed E-state index contributed by atoms with van der Waals surface area (Å²) in [5.74, 6) is 1.52. The molecule has 0 aliphatic rings. The predicted octanol–water partition coefficient (Wildman–Crippen LogP) is 5.07. The maximum absolute atomic E-state index is 6.33. The van der Waals surface area contributed by atoms with Gasteiger partial charge in [0.05, 0.1) is 17.2 Å². The molecule has 0 heterocycles. The van der Waals surface area contributed by atoms with Crippen LogP contribution in [0.25, 0.3) is 10.8 Å². The van der Waals surface area contributed by atoms with E-state index in [0.717, 1.165) is 22.3 Å². The van der Waals surface area contributed by atoms with Crippen molar-refractivity contribution < 1.29 is 9.47 Å². The smallest absolute Gasteiger partial charge is 0.146 e. The lowest BCUT2D eigenvalue weighted by Gasteiger charge is -2.18. The second-order valence-electron chi connectivity index (χ2n) is 5.06. The van der Waals surface area contributed by atoms with Crippen LogP contribution < -0.4 is 9.47 Å². The molecule has 0 N–H and O–H groups in total. The van der Waals surface area contributed by atoms with Gasteiger partial charge in [0.25, 0.3) is 0 Å². The molecule has 0 unspecified atom stereocenters. The molecule has 19 heavy (non-hydrogen) atoms. The van der Waals surface area contributed by atoms with Gasteiger partial charge >= 0.3 is 0 Å². The Morgan fingerprint density at radius 1 is 0.895 bits per heavy atom. The monoisotopic (exact) mass is 278 g/mol. The molecule has 0 fully saturated rings. The molecule has 0 bridgehead atoms. The maximum Gasteiger partial charge on any atom is 0.146 e. The van der Waals surface area contributed by atoms with Crippen LogP contribution >= 0.6 is 11.6 Å². The molecular formula is C16H19ClO2. The Hall–Kier alpha value is -1.41. The summed E-state index contributed by atoms with van der Waals surface area (Å²) in [5.41, 5.74) is 0. The standard InChI is InChI=1S/C16H19ClO2/c1-10(2)18-15-9-14(17)16(19-11(3)4)13-8-6-5-7-12(13)15/h5-11H,1-4H3. The molecule has 0 radical (unpaired) electrons. The highest BCUT2D eigenvalue weighted by molar-refractivity contribution is 6.33. The van der Waals surface area contributed by atoms with Gasteiger partial charge in [-0.3, -0.25) is 0 Å². The van der Waals surface area contributed by atoms with Crippen molar-refractivity contribution in [2.24, 2.45) is 0 Å². The Labute approximate surface area is 119 Å². The van der Waals surface area contributed by atoms with Crippen LogP contribution in [0.4, 0.5) is 0 Å². The van der Waals surface area contributed by atoms with Crippen LogP contribution in [0.3, 0.4) is 0 Å². The second-order valence-corrected chi connectivity index (χ2v) is 5.47. The van der Waals surface area contributed by atoms with E-state index in [9.17, 15) is 0 Å². The Kier molecular flexibility index (Phi) is 4.20. The summed E-state index contributed by atoms with van der Waals surface area (Å²) >= 11 is 6.33. The van der Waals surface area contributed by atoms with Gasteiger partial charge in [0.1, 0.15) is 11.5 Å². The first kappa shape index (κ1) is 14.0. The lowest BCUT2D eigenvalue weighted by Crippen LogP contribution is -2.08. The van der Waals surface area contributed by atoms with Crippen molar-refractivity contribution in [2.75, 3.05) is 0 Å². The fourth-order valence-corrected chi connectivity index (χ4v) is 2.24. The summed E-state index contributed by atoms with van der Waals surface area (Å²) in [6, 6.07) is 9.83. The van der Waals surface area contributed by atoms with Crippen molar-refractivity contribution in [3.8, 4) is 11.5 Å². The van der Waals surface area contributed by atoms with Crippen LogP contribution in [0, 0.1) is 0 Å². The number of hydrogen-bond donors (Lipinski definition) is 0. The molecule has 0 atom stereocenters. The lowest BCUT2D eigenvalue weighted by atomic mass is 10.1. The summed E-state index contributed by atoms with van der Waals surface area (Å²) in [7, 11) is 0. The number of fused-ring (bicyclic) bond motifs is 1. The highest BCUT2D eigenvalue weighted by Crippen LogP contribution is 2.40. The molecule has 0 saturated carbocycles. The average Bonchev–Trinajstić information content (AvgIpc) is 2.33. The highest BCUT2D eigenvalue weighted by atomic mass is 35.5. The van der Waals surface area contributed by atoms with Crippen LogP contribution in [0.5, 0.6) is 11.5 Å². The topological polar surface area (TPSA) is 18.5 Å². The highest BCUT2D eigenvalue weighted by Gasteiger charge is 2.14. The molecule has 0 aliphatic heterocycles. The summed E-state index contributed by atoms with van der Waals surface area (Å²) in [6.45, 7) is 7.98. The Balaban J connectivity index is 2.62. The van der Waals surface area contributed by atoms with Crippen LogP contribution in [-0.4, -0.2) is 12.2 Å². The Morgan fingerprint density at radius 2 is 1.47 bits per heavy atom. The van der Waals surface area contributed by atoms with Gasteiger partial charge in [-0.25, -0.2) is 0 Å². The van der Waals surface area contributed by atoms with Gasteiger partial charge in [-0.2, -0.15) is 0 Å². The van der Waals surface area contributed by atoms with Crippen LogP contribution in [0.2, 0.25) is 5.02 Å². The summed E-state index contributed by atoms with van der Waals surface area (Å²) < 4.78 is 11.7. The van der Waals surface area contributed by atoms with E-state index in [1.165, 1.54) is 0 Å². The van der Waals surface area contributed by atoms with Gasteiger partial charge in [0.15, 0.2) is 0 Å². The normalized spacial score (nSPS) is 11.3. The molecule has 2 nitrogen and oxygen atoms in total. The van der Waals surface area contributed by atoms with E-state index < -0.39 is 0 Å². The lowest BCUT2D eigenvalue weighted by molar-refractivity contribution is 0.239. The molecule has 0 aromatic heterocycles. The van der Waals surface area contributed by atoms with Crippen LogP contribution in [0.1, 0.15) is 27.7 Å². The Morgan fingerprint density at radius 3 is 2.05 bits per heavy atom. The van der Waals surface area contributed by atoms with Gasteiger partial charge in [0, 0.05) is 16.8 Å². The third-order valence-corrected chi connectivity index (χ3v) is 2.91. The van der Waals surface area contributed by atoms with Gasteiger partial charge in [-0.15, -0.1) is 0 Å². The van der Waals surface area contributed by atoms with E-state index in [4.69, 9.17) is 21.1 Å². The first-order valence-electron chi connectivity index (χ1n) is 6.53. The van der Waals surface area contributed by atoms with E-state index >= 15 is 0 Å². The average molecular weight is 279 g/mol. The fraction of sp³-hybridized carbons (Fsp3) is 0.375. The van der Waals surface area contributed by atoms with E-state index in [2.05, 4.69) is 0 Å². The minimum absolute atomic E-state index is 0.0813. The first-order chi connectivity index (χ1) is 8.99. The van der Waals surface area contributed by atoms with E-state index in [0.29, 0.717) is 5.02 Å². The third-order valence-electron chi connectivity index (χ3n) is 2.63. The third kappa shape index (κ3) is 3.13. The number of hydrogen-bond acceptors (Lipinski definition) is 2. The molecule has 2 rings (SSSR count). The largest absolute Gasteiger partial charge is 0.490 e. The molecule has 0 amide bonds. The van der Waals surface area contributed by atoms with E-state index in [-0.39, 0.29) is 12.2 Å². The van der Waals surface area contributed by atoms with Crippen molar-refractivity contribution in [2.45, 2.75) is 39.9 Å². The van der Waals surface area contributed by atoms with Crippen molar-refractivity contribution in [3.63, 3.8) is 0 Å². The molecule has 0 spiro atoms. The number of halogens is 1. The van der Waals surface area contributed by atoms with Gasteiger partial charge < -0.3 is 9.47 Å². The predicted molar refractivity (Wildman–Crippen MR) is 80.5 cm³/mol. The zero-order chi connectivity index (χ0) is 14.0. The maximum atomic E-state index is 6.33. The molecule has 0 aliphatic carbocycles. The Bertz CT molecular complexity index is 576. The molecular weight excluding hydrogens is 260 g/mol. The molecule has 0 saturated heterocycles. The van der Waals surface area contributed by atoms with Gasteiger partial charge in [-0.1, -0.05) is 35.9 Å². The van der Waals surface area contributed by atoms with Crippen LogP contribution in [0.15, 0.2) is 30.3 Å². The van der Waals surface area contributed by atoms with E-state index in [1.807, 2.05) is 58.0 Å². The fourth-order valence-electron chi connectivity index (χ4n) is 1.99. The summed E-state index contributed by atoms with van der Waals surface area (Å²) in [6.07, 6.45) is 0.189. The van der Waals surface area contributed by atoms with Gasteiger partial charge in [0.2, 0.25) is 0 Å². The number of rotatable bonds is 4. The van der Waals surface area contributed by atoms with Crippen molar-refractivity contribution in [1.82, 2.24) is 0 Å². The first-order valence-corrected chi connectivity index (χ1v) is 6.91. The number of benzene rings is 2. The number of ether oxygens (including phenoxy) is 2. The molecule has 102 valence electrons. The van der Waals surface area contributed by atoms with Crippen molar-refractivity contribution in [3.05, 3.63) is 35.4 Å².